The van der Waals surface area contributed by atoms with Crippen LogP contribution in [0.4, 0.5) is 0 Å². The number of halogens is 1. The summed E-state index contributed by atoms with van der Waals surface area (Å²) in [6.07, 6.45) is 0. The van der Waals surface area contributed by atoms with Gasteiger partial charge in [-0.2, -0.15) is 0 Å². The topological polar surface area (TPSA) is 48.1 Å². The van der Waals surface area contributed by atoms with Gasteiger partial charge in [0.05, 0.1) is 12.8 Å². The summed E-state index contributed by atoms with van der Waals surface area (Å²) in [5.41, 5.74) is 6.24. The second kappa shape index (κ2) is 3.69. The largest absolute Gasteiger partial charge is 0.481 e. The highest BCUT2D eigenvalue weighted by Gasteiger charge is 2.00. The minimum absolute atomic E-state index is 0.414. The quantitative estimate of drug-likeness (QED) is 0.812. The molecule has 60 valence electrons. The fraction of sp³-hybridized carbons (Fsp3) is 0.286. The fourth-order valence-corrected chi connectivity index (χ4v) is 1.10. The Balaban J connectivity index is 3.02. The van der Waals surface area contributed by atoms with E-state index in [2.05, 4.69) is 20.9 Å². The Bertz CT molecular complexity index is 252. The van der Waals surface area contributed by atoms with E-state index in [-0.39, 0.29) is 0 Å². The lowest BCUT2D eigenvalue weighted by atomic mass is 10.3. The first-order valence-corrected chi connectivity index (χ1v) is 3.96. The summed E-state index contributed by atoms with van der Waals surface area (Å²) in [7, 11) is 1.58. The highest BCUT2D eigenvalue weighted by molar-refractivity contribution is 9.10. The second-order valence-electron chi connectivity index (χ2n) is 1.99. The molecular formula is C7H9BrN2O. The van der Waals surface area contributed by atoms with Crippen molar-refractivity contribution in [1.82, 2.24) is 4.98 Å². The van der Waals surface area contributed by atoms with E-state index >= 15 is 0 Å². The zero-order valence-electron chi connectivity index (χ0n) is 6.17. The van der Waals surface area contributed by atoms with E-state index < -0.39 is 0 Å². The van der Waals surface area contributed by atoms with Gasteiger partial charge in [-0.3, -0.25) is 0 Å². The molecule has 0 aromatic carbocycles. The maximum absolute atomic E-state index is 5.43. The molecular weight excluding hydrogens is 208 g/mol. The lowest BCUT2D eigenvalue weighted by molar-refractivity contribution is 0.396. The Morgan fingerprint density at radius 3 is 2.91 bits per heavy atom. The predicted molar refractivity (Wildman–Crippen MR) is 46.4 cm³/mol. The average Bonchev–Trinajstić information content (AvgIpc) is 2.05. The molecule has 0 amide bonds. The zero-order valence-corrected chi connectivity index (χ0v) is 7.76. The van der Waals surface area contributed by atoms with Crippen LogP contribution in [-0.2, 0) is 6.54 Å². The van der Waals surface area contributed by atoms with Crippen molar-refractivity contribution in [3.63, 3.8) is 0 Å². The summed E-state index contributed by atoms with van der Waals surface area (Å²) in [6, 6.07) is 3.65. The summed E-state index contributed by atoms with van der Waals surface area (Å²) < 4.78 is 5.84. The van der Waals surface area contributed by atoms with Crippen molar-refractivity contribution >= 4 is 15.9 Å². The highest BCUT2D eigenvalue weighted by atomic mass is 79.9. The van der Waals surface area contributed by atoms with Crippen molar-refractivity contribution in [2.24, 2.45) is 5.73 Å². The third-order valence-corrected chi connectivity index (χ3v) is 2.02. The first kappa shape index (κ1) is 8.49. The van der Waals surface area contributed by atoms with Gasteiger partial charge in [-0.15, -0.1) is 0 Å². The summed E-state index contributed by atoms with van der Waals surface area (Å²) in [6.45, 7) is 0.414. The molecule has 0 fully saturated rings. The smallest absolute Gasteiger partial charge is 0.213 e. The Morgan fingerprint density at radius 2 is 2.36 bits per heavy atom. The minimum Gasteiger partial charge on any atom is -0.481 e. The molecule has 3 nitrogen and oxygen atoms in total. The lowest BCUT2D eigenvalue weighted by Gasteiger charge is -2.02. The van der Waals surface area contributed by atoms with Crippen LogP contribution in [0.2, 0.25) is 0 Å². The number of hydrogen-bond acceptors (Lipinski definition) is 3. The lowest BCUT2D eigenvalue weighted by Crippen LogP contribution is -2.01. The monoisotopic (exact) mass is 216 g/mol. The van der Waals surface area contributed by atoms with Crippen molar-refractivity contribution in [2.45, 2.75) is 6.54 Å². The van der Waals surface area contributed by atoms with Crippen molar-refractivity contribution < 1.29 is 4.74 Å². The van der Waals surface area contributed by atoms with Gasteiger partial charge in [-0.05, 0) is 22.0 Å². The molecule has 2 N–H and O–H groups in total. The zero-order chi connectivity index (χ0) is 8.27. The van der Waals surface area contributed by atoms with Crippen LogP contribution in [0, 0.1) is 0 Å². The number of hydrogen-bond donors (Lipinski definition) is 1. The molecule has 1 aromatic heterocycles. The van der Waals surface area contributed by atoms with Crippen molar-refractivity contribution in [1.29, 1.82) is 0 Å². The van der Waals surface area contributed by atoms with Gasteiger partial charge >= 0.3 is 0 Å². The van der Waals surface area contributed by atoms with Gasteiger partial charge in [0.1, 0.15) is 0 Å². The molecule has 0 aliphatic carbocycles. The summed E-state index contributed by atoms with van der Waals surface area (Å²) in [4.78, 5) is 4.12. The molecule has 0 bridgehead atoms. The van der Waals surface area contributed by atoms with Crippen LogP contribution in [-0.4, -0.2) is 12.1 Å². The average molecular weight is 217 g/mol. The highest BCUT2D eigenvalue weighted by Crippen LogP contribution is 2.17. The number of ether oxygens (including phenoxy) is 1. The van der Waals surface area contributed by atoms with Crippen LogP contribution in [0.3, 0.4) is 0 Å². The van der Waals surface area contributed by atoms with Gasteiger partial charge in [-0.1, -0.05) is 0 Å². The van der Waals surface area contributed by atoms with Crippen molar-refractivity contribution in [3.8, 4) is 5.88 Å². The van der Waals surface area contributed by atoms with Gasteiger partial charge in [0.25, 0.3) is 0 Å². The molecule has 0 aliphatic rings. The van der Waals surface area contributed by atoms with Gasteiger partial charge in [0.2, 0.25) is 5.88 Å². The molecule has 0 aliphatic heterocycles. The fourth-order valence-electron chi connectivity index (χ4n) is 0.721. The molecule has 0 radical (unpaired) electrons. The number of nitrogens with zero attached hydrogens (tertiary/aromatic N) is 1. The van der Waals surface area contributed by atoms with E-state index in [9.17, 15) is 0 Å². The third kappa shape index (κ3) is 1.91. The normalized spacial score (nSPS) is 9.73. The van der Waals surface area contributed by atoms with Gasteiger partial charge < -0.3 is 10.5 Å². The molecule has 1 heterocycles. The SMILES string of the molecule is COc1ccc(Br)c(CN)n1. The number of aromatic nitrogens is 1. The molecule has 0 saturated carbocycles. The molecule has 11 heavy (non-hydrogen) atoms. The van der Waals surface area contributed by atoms with E-state index in [1.807, 2.05) is 6.07 Å². The first-order valence-electron chi connectivity index (χ1n) is 3.17. The third-order valence-electron chi connectivity index (χ3n) is 1.30. The van der Waals surface area contributed by atoms with Crippen LogP contribution in [0.15, 0.2) is 16.6 Å². The minimum atomic E-state index is 0.414. The number of nitrogens with two attached hydrogens (primary N) is 1. The molecule has 1 aromatic rings. The van der Waals surface area contributed by atoms with E-state index in [4.69, 9.17) is 10.5 Å². The Labute approximate surface area is 73.7 Å². The molecule has 0 atom stereocenters. The Hall–Kier alpha value is -0.610. The Morgan fingerprint density at radius 1 is 1.64 bits per heavy atom. The van der Waals surface area contributed by atoms with E-state index in [1.165, 1.54) is 0 Å². The van der Waals surface area contributed by atoms with Crippen molar-refractivity contribution in [2.75, 3.05) is 7.11 Å². The van der Waals surface area contributed by atoms with Crippen LogP contribution in [0.5, 0.6) is 5.88 Å². The van der Waals surface area contributed by atoms with Crippen LogP contribution in [0.25, 0.3) is 0 Å². The summed E-state index contributed by atoms with van der Waals surface area (Å²) >= 11 is 3.32. The molecule has 1 rings (SSSR count). The molecule has 0 unspecified atom stereocenters. The summed E-state index contributed by atoms with van der Waals surface area (Å²) in [5, 5.41) is 0. The second-order valence-corrected chi connectivity index (χ2v) is 2.84. The van der Waals surface area contributed by atoms with Crippen LogP contribution < -0.4 is 10.5 Å². The molecule has 0 saturated heterocycles. The predicted octanol–water partition coefficient (Wildman–Crippen LogP) is 1.31. The van der Waals surface area contributed by atoms with E-state index in [0.717, 1.165) is 10.2 Å². The molecule has 0 spiro atoms. The van der Waals surface area contributed by atoms with Crippen LogP contribution >= 0.6 is 15.9 Å². The van der Waals surface area contributed by atoms with Gasteiger partial charge in [0.15, 0.2) is 0 Å². The number of pyridine rings is 1. The van der Waals surface area contributed by atoms with E-state index in [1.54, 1.807) is 13.2 Å². The maximum atomic E-state index is 5.43. The summed E-state index contributed by atoms with van der Waals surface area (Å²) in [5.74, 6) is 0.591. The van der Waals surface area contributed by atoms with E-state index in [0.29, 0.717) is 12.4 Å². The van der Waals surface area contributed by atoms with Gasteiger partial charge in [-0.25, -0.2) is 4.98 Å². The number of methoxy groups -OCH3 is 1. The molecule has 4 heteroatoms. The maximum Gasteiger partial charge on any atom is 0.213 e. The van der Waals surface area contributed by atoms with Crippen molar-refractivity contribution in [3.05, 3.63) is 22.3 Å². The standard InChI is InChI=1S/C7H9BrN2O/c1-11-7-3-2-5(8)6(4-9)10-7/h2-3H,4,9H2,1H3. The Kier molecular flexibility index (Phi) is 2.84. The number of rotatable bonds is 2. The van der Waals surface area contributed by atoms with Crippen LogP contribution in [0.1, 0.15) is 5.69 Å². The van der Waals surface area contributed by atoms with Gasteiger partial charge in [0, 0.05) is 17.1 Å². The first-order chi connectivity index (χ1) is 5.27.